The van der Waals surface area contributed by atoms with Crippen LogP contribution >= 0.6 is 0 Å². The Morgan fingerprint density at radius 1 is 1.28 bits per heavy atom. The molecule has 9 heteroatoms. The number of nitrogens with zero attached hydrogens (tertiary/aromatic N) is 5. The SMILES string of the molecule is C=C/C=C(/C#N)c1nc(-c2[nH]nc3ncc(-c4ccc(NC(=O)CC)nc4)cc23)[nH]c1C. The molecule has 0 aliphatic carbocycles. The summed E-state index contributed by atoms with van der Waals surface area (Å²) in [6.45, 7) is 7.29. The summed E-state index contributed by atoms with van der Waals surface area (Å²) in [5.74, 6) is 0.963. The molecule has 4 heterocycles. The van der Waals surface area contributed by atoms with Crippen molar-refractivity contribution in [3.63, 3.8) is 0 Å². The largest absolute Gasteiger partial charge is 0.340 e. The Morgan fingerprint density at radius 2 is 2.09 bits per heavy atom. The highest BCUT2D eigenvalue weighted by atomic mass is 16.1. The lowest BCUT2D eigenvalue weighted by Crippen LogP contribution is -2.10. The molecule has 158 valence electrons. The van der Waals surface area contributed by atoms with Gasteiger partial charge in [0.1, 0.15) is 23.3 Å². The van der Waals surface area contributed by atoms with Crippen molar-refractivity contribution in [3.05, 3.63) is 60.7 Å². The number of amides is 1. The van der Waals surface area contributed by atoms with Crippen molar-refractivity contribution in [1.82, 2.24) is 30.1 Å². The van der Waals surface area contributed by atoms with E-state index in [9.17, 15) is 10.1 Å². The summed E-state index contributed by atoms with van der Waals surface area (Å²) in [5.41, 5.74) is 4.63. The van der Waals surface area contributed by atoms with E-state index in [-0.39, 0.29) is 5.91 Å². The Labute approximate surface area is 184 Å². The number of hydrogen-bond donors (Lipinski definition) is 3. The molecule has 9 nitrogen and oxygen atoms in total. The van der Waals surface area contributed by atoms with Gasteiger partial charge in [-0.15, -0.1) is 0 Å². The normalized spacial score (nSPS) is 11.3. The first-order chi connectivity index (χ1) is 15.5. The minimum atomic E-state index is -0.0908. The van der Waals surface area contributed by atoms with Gasteiger partial charge in [0.25, 0.3) is 0 Å². The first kappa shape index (κ1) is 20.7. The number of hydrogen-bond acceptors (Lipinski definition) is 6. The van der Waals surface area contributed by atoms with Crippen molar-refractivity contribution >= 4 is 28.3 Å². The number of H-pyrrole nitrogens is 2. The van der Waals surface area contributed by atoms with Gasteiger partial charge in [0, 0.05) is 35.6 Å². The molecule has 4 aromatic heterocycles. The number of nitriles is 1. The van der Waals surface area contributed by atoms with Gasteiger partial charge in [-0.2, -0.15) is 10.4 Å². The number of nitrogens with one attached hydrogen (secondary N) is 3. The fraction of sp³-hybridized carbons (Fsp3) is 0.130. The number of anilines is 1. The Kier molecular flexibility index (Phi) is 5.59. The zero-order valence-electron chi connectivity index (χ0n) is 17.6. The van der Waals surface area contributed by atoms with Crippen molar-refractivity contribution < 1.29 is 4.79 Å². The molecule has 0 aliphatic rings. The third kappa shape index (κ3) is 3.89. The van der Waals surface area contributed by atoms with E-state index in [1.165, 1.54) is 0 Å². The number of aromatic nitrogens is 6. The van der Waals surface area contributed by atoms with Gasteiger partial charge in [0.2, 0.25) is 5.91 Å². The molecule has 0 aliphatic heterocycles. The summed E-state index contributed by atoms with van der Waals surface area (Å²) in [4.78, 5) is 28.1. The summed E-state index contributed by atoms with van der Waals surface area (Å²) in [7, 11) is 0. The molecule has 4 rings (SSSR count). The maximum absolute atomic E-state index is 11.5. The topological polar surface area (TPSA) is 136 Å². The van der Waals surface area contributed by atoms with Crippen LogP contribution in [0.25, 0.3) is 39.3 Å². The third-order valence-electron chi connectivity index (χ3n) is 4.88. The zero-order valence-corrected chi connectivity index (χ0v) is 17.6. The van der Waals surface area contributed by atoms with Crippen LogP contribution in [-0.4, -0.2) is 36.0 Å². The second-order valence-corrected chi connectivity index (χ2v) is 7.01. The maximum Gasteiger partial charge on any atom is 0.225 e. The number of aromatic amines is 2. The van der Waals surface area contributed by atoms with Gasteiger partial charge in [-0.25, -0.2) is 15.0 Å². The van der Waals surface area contributed by atoms with Gasteiger partial charge in [-0.05, 0) is 31.2 Å². The smallest absolute Gasteiger partial charge is 0.225 e. The maximum atomic E-state index is 11.5. The van der Waals surface area contributed by atoms with E-state index in [1.54, 1.807) is 37.5 Å². The van der Waals surface area contributed by atoms with Gasteiger partial charge < -0.3 is 10.3 Å². The summed E-state index contributed by atoms with van der Waals surface area (Å²) in [5, 5.41) is 20.2. The molecule has 3 N–H and O–H groups in total. The summed E-state index contributed by atoms with van der Waals surface area (Å²) in [6, 6.07) is 7.71. The van der Waals surface area contributed by atoms with Gasteiger partial charge in [0.05, 0.1) is 11.0 Å². The number of carbonyl (C=O) groups excluding carboxylic acids is 1. The molecule has 0 spiro atoms. The number of fused-ring (bicyclic) bond motifs is 1. The predicted molar refractivity (Wildman–Crippen MR) is 122 cm³/mol. The molecule has 0 aromatic carbocycles. The van der Waals surface area contributed by atoms with Crippen LogP contribution in [0.1, 0.15) is 24.7 Å². The lowest BCUT2D eigenvalue weighted by atomic mass is 10.1. The van der Waals surface area contributed by atoms with Crippen LogP contribution in [0.2, 0.25) is 0 Å². The van der Waals surface area contributed by atoms with E-state index in [0.29, 0.717) is 40.7 Å². The molecular formula is C23H20N8O. The average Bonchev–Trinajstić information content (AvgIpc) is 3.40. The Bertz CT molecular complexity index is 1390. The lowest BCUT2D eigenvalue weighted by Gasteiger charge is -2.05. The first-order valence-corrected chi connectivity index (χ1v) is 9.94. The van der Waals surface area contributed by atoms with E-state index in [4.69, 9.17) is 0 Å². The molecule has 0 radical (unpaired) electrons. The van der Waals surface area contributed by atoms with Crippen molar-refractivity contribution in [2.45, 2.75) is 20.3 Å². The van der Waals surface area contributed by atoms with Crippen molar-refractivity contribution in [1.29, 1.82) is 5.26 Å². The number of pyridine rings is 2. The van der Waals surface area contributed by atoms with Crippen molar-refractivity contribution in [2.75, 3.05) is 5.32 Å². The molecule has 0 fully saturated rings. The molecule has 0 saturated heterocycles. The average molecular weight is 424 g/mol. The Morgan fingerprint density at radius 3 is 2.78 bits per heavy atom. The fourth-order valence-corrected chi connectivity index (χ4v) is 3.24. The number of allylic oxidation sites excluding steroid dienone is 3. The van der Waals surface area contributed by atoms with Crippen LogP contribution in [-0.2, 0) is 4.79 Å². The minimum absolute atomic E-state index is 0.0908. The van der Waals surface area contributed by atoms with Gasteiger partial charge in [-0.1, -0.05) is 19.6 Å². The summed E-state index contributed by atoms with van der Waals surface area (Å²) >= 11 is 0. The molecule has 0 unspecified atom stereocenters. The number of imidazole rings is 1. The van der Waals surface area contributed by atoms with E-state index in [2.05, 4.69) is 48.1 Å². The lowest BCUT2D eigenvalue weighted by molar-refractivity contribution is -0.115. The number of aryl methyl sites for hydroxylation is 1. The standard InChI is InChI=1S/C23H20N8O/c1-4-6-14(10-24)20-13(3)27-23(29-20)21-17-9-16(12-26-22(17)31-30-21)15-7-8-18(25-11-15)28-19(32)5-2/h4,6-9,11-12H,1,5H2,2-3H3,(H,27,29)(H,25,28,32)(H,26,30,31)/b14-6-. The van der Waals surface area contributed by atoms with Gasteiger partial charge in [-0.3, -0.25) is 9.89 Å². The Hall–Kier alpha value is -4.58. The second-order valence-electron chi connectivity index (χ2n) is 7.01. The van der Waals surface area contributed by atoms with Crippen LogP contribution in [0.4, 0.5) is 5.82 Å². The van der Waals surface area contributed by atoms with Crippen LogP contribution in [0.15, 0.2) is 49.3 Å². The van der Waals surface area contributed by atoms with Gasteiger partial charge >= 0.3 is 0 Å². The van der Waals surface area contributed by atoms with Crippen molar-refractivity contribution in [3.8, 4) is 28.7 Å². The minimum Gasteiger partial charge on any atom is -0.340 e. The fourth-order valence-electron chi connectivity index (χ4n) is 3.24. The monoisotopic (exact) mass is 424 g/mol. The highest BCUT2D eigenvalue weighted by molar-refractivity contribution is 5.93. The highest BCUT2D eigenvalue weighted by Gasteiger charge is 2.17. The summed E-state index contributed by atoms with van der Waals surface area (Å²) < 4.78 is 0. The zero-order chi connectivity index (χ0) is 22.7. The van der Waals surface area contributed by atoms with E-state index in [0.717, 1.165) is 22.2 Å². The molecule has 32 heavy (non-hydrogen) atoms. The molecule has 4 aromatic rings. The molecular weight excluding hydrogens is 404 g/mol. The second kappa shape index (κ2) is 8.65. The van der Waals surface area contributed by atoms with Crippen LogP contribution in [0.5, 0.6) is 0 Å². The first-order valence-electron chi connectivity index (χ1n) is 9.94. The van der Waals surface area contributed by atoms with E-state index < -0.39 is 0 Å². The molecule has 0 atom stereocenters. The molecule has 0 saturated carbocycles. The number of rotatable bonds is 6. The van der Waals surface area contributed by atoms with E-state index >= 15 is 0 Å². The Balaban J connectivity index is 1.72. The van der Waals surface area contributed by atoms with Crippen molar-refractivity contribution in [2.24, 2.45) is 0 Å². The molecule has 1 amide bonds. The van der Waals surface area contributed by atoms with Gasteiger partial charge in [0.15, 0.2) is 11.5 Å². The third-order valence-corrected chi connectivity index (χ3v) is 4.88. The van der Waals surface area contributed by atoms with Crippen LogP contribution in [0, 0.1) is 18.3 Å². The van der Waals surface area contributed by atoms with Crippen LogP contribution in [0.3, 0.4) is 0 Å². The predicted octanol–water partition coefficient (Wildman–Crippen LogP) is 4.16. The molecule has 0 bridgehead atoms. The highest BCUT2D eigenvalue weighted by Crippen LogP contribution is 2.29. The number of carbonyl (C=O) groups is 1. The quantitative estimate of drug-likeness (QED) is 0.314. The van der Waals surface area contributed by atoms with E-state index in [1.807, 2.05) is 19.1 Å². The van der Waals surface area contributed by atoms with Crippen LogP contribution < -0.4 is 5.32 Å². The summed E-state index contributed by atoms with van der Waals surface area (Å²) in [6.07, 6.45) is 6.97.